The molecule has 4 heteroatoms. The van der Waals surface area contributed by atoms with E-state index in [1.165, 1.54) is 0 Å². The van der Waals surface area contributed by atoms with Crippen molar-refractivity contribution in [2.75, 3.05) is 24.5 Å². The van der Waals surface area contributed by atoms with Gasteiger partial charge in [-0.2, -0.15) is 5.26 Å². The van der Waals surface area contributed by atoms with Crippen LogP contribution in [0.15, 0.2) is 18.2 Å². The fourth-order valence-corrected chi connectivity index (χ4v) is 2.53. The topological polar surface area (TPSA) is 39.1 Å². The summed E-state index contributed by atoms with van der Waals surface area (Å²) in [6.07, 6.45) is 1.64. The molecule has 0 saturated carbocycles. The van der Waals surface area contributed by atoms with E-state index in [4.69, 9.17) is 16.9 Å². The molecule has 1 aromatic rings. The molecule has 0 radical (unpaired) electrons. The molecule has 110 valence electrons. The van der Waals surface area contributed by atoms with Crippen LogP contribution in [0.3, 0.4) is 0 Å². The Morgan fingerprint density at radius 3 is 2.70 bits per heavy atom. The average Bonchev–Trinajstić information content (AvgIpc) is 2.45. The summed E-state index contributed by atoms with van der Waals surface area (Å²) in [6.45, 7) is 8.98. The Balaban J connectivity index is 2.83. The van der Waals surface area contributed by atoms with E-state index in [2.05, 4.69) is 49.2 Å². The molecule has 1 aromatic carbocycles. The van der Waals surface area contributed by atoms with Crippen LogP contribution in [0.2, 0.25) is 5.02 Å². The molecule has 0 saturated heterocycles. The fraction of sp³-hybridized carbons (Fsp3) is 0.562. The molecule has 0 amide bonds. The Labute approximate surface area is 127 Å². The fourth-order valence-electron chi connectivity index (χ4n) is 2.19. The van der Waals surface area contributed by atoms with Crippen LogP contribution in [0.25, 0.3) is 0 Å². The van der Waals surface area contributed by atoms with Crippen LogP contribution >= 0.6 is 11.6 Å². The van der Waals surface area contributed by atoms with E-state index in [9.17, 15) is 0 Å². The third-order valence-electron chi connectivity index (χ3n) is 3.39. The zero-order valence-corrected chi connectivity index (χ0v) is 13.4. The predicted molar refractivity (Wildman–Crippen MR) is 86.3 cm³/mol. The quantitative estimate of drug-likeness (QED) is 0.783. The second kappa shape index (κ2) is 8.84. The van der Waals surface area contributed by atoms with E-state index in [-0.39, 0.29) is 6.04 Å². The van der Waals surface area contributed by atoms with Gasteiger partial charge in [0.2, 0.25) is 0 Å². The Morgan fingerprint density at radius 2 is 2.15 bits per heavy atom. The molecule has 0 spiro atoms. The van der Waals surface area contributed by atoms with E-state index in [1.807, 2.05) is 6.07 Å². The second-order valence-corrected chi connectivity index (χ2v) is 5.28. The molecule has 1 unspecified atom stereocenters. The van der Waals surface area contributed by atoms with Crippen molar-refractivity contribution < 1.29 is 0 Å². The number of nitrogens with zero attached hydrogens (tertiary/aromatic N) is 2. The van der Waals surface area contributed by atoms with Crippen LogP contribution in [-0.4, -0.2) is 19.6 Å². The Morgan fingerprint density at radius 1 is 1.40 bits per heavy atom. The van der Waals surface area contributed by atoms with Gasteiger partial charge in [0.25, 0.3) is 0 Å². The summed E-state index contributed by atoms with van der Waals surface area (Å²) in [5.41, 5.74) is 2.21. The first kappa shape index (κ1) is 16.8. The number of benzene rings is 1. The van der Waals surface area contributed by atoms with Crippen LogP contribution in [-0.2, 0) is 0 Å². The molecular weight excluding hydrogens is 270 g/mol. The highest BCUT2D eigenvalue weighted by atomic mass is 35.5. The lowest BCUT2D eigenvalue weighted by Crippen LogP contribution is -2.24. The Hall–Kier alpha value is -1.24. The monoisotopic (exact) mass is 293 g/mol. The van der Waals surface area contributed by atoms with Crippen LogP contribution in [0.5, 0.6) is 0 Å². The van der Waals surface area contributed by atoms with Gasteiger partial charge in [-0.05, 0) is 44.5 Å². The van der Waals surface area contributed by atoms with Crippen LogP contribution in [0, 0.1) is 11.3 Å². The molecule has 0 aliphatic carbocycles. The SMILES string of the molecule is CCCNC(C)c1ccc(N(CC)CCC#N)cc1Cl. The van der Waals surface area contributed by atoms with Crippen molar-refractivity contribution >= 4 is 17.3 Å². The van der Waals surface area contributed by atoms with E-state index >= 15 is 0 Å². The molecule has 0 aromatic heterocycles. The zero-order chi connectivity index (χ0) is 15.0. The molecule has 1 atom stereocenters. The number of nitriles is 1. The van der Waals surface area contributed by atoms with Crippen LogP contribution in [0.1, 0.15) is 45.2 Å². The van der Waals surface area contributed by atoms with Crippen LogP contribution in [0.4, 0.5) is 5.69 Å². The first-order chi connectivity index (χ1) is 9.63. The Bertz CT molecular complexity index is 454. The van der Waals surface area contributed by atoms with E-state index < -0.39 is 0 Å². The summed E-state index contributed by atoms with van der Waals surface area (Å²) in [4.78, 5) is 2.17. The van der Waals surface area contributed by atoms with Gasteiger partial charge >= 0.3 is 0 Å². The third-order valence-corrected chi connectivity index (χ3v) is 3.72. The van der Waals surface area contributed by atoms with Gasteiger partial charge in [-0.25, -0.2) is 0 Å². The third kappa shape index (κ3) is 4.70. The van der Waals surface area contributed by atoms with Gasteiger partial charge in [0.1, 0.15) is 0 Å². The lowest BCUT2D eigenvalue weighted by atomic mass is 10.1. The van der Waals surface area contributed by atoms with Gasteiger partial charge in [-0.15, -0.1) is 0 Å². The minimum Gasteiger partial charge on any atom is -0.371 e. The summed E-state index contributed by atoms with van der Waals surface area (Å²) < 4.78 is 0. The van der Waals surface area contributed by atoms with Gasteiger partial charge < -0.3 is 10.2 Å². The minimum atomic E-state index is 0.255. The molecule has 0 aliphatic heterocycles. The highest BCUT2D eigenvalue weighted by molar-refractivity contribution is 6.31. The molecule has 0 heterocycles. The zero-order valence-electron chi connectivity index (χ0n) is 12.6. The summed E-state index contributed by atoms with van der Waals surface area (Å²) in [6, 6.07) is 8.61. The van der Waals surface area contributed by atoms with Crippen molar-refractivity contribution in [2.24, 2.45) is 0 Å². The van der Waals surface area contributed by atoms with Crippen molar-refractivity contribution in [3.05, 3.63) is 28.8 Å². The van der Waals surface area contributed by atoms with E-state index in [0.717, 1.165) is 42.3 Å². The lowest BCUT2D eigenvalue weighted by molar-refractivity contribution is 0.571. The maximum Gasteiger partial charge on any atom is 0.0640 e. The maximum atomic E-state index is 8.70. The van der Waals surface area contributed by atoms with Gasteiger partial charge in [-0.1, -0.05) is 24.6 Å². The first-order valence-electron chi connectivity index (χ1n) is 7.28. The predicted octanol–water partition coefficient (Wildman–Crippen LogP) is 4.14. The second-order valence-electron chi connectivity index (χ2n) is 4.87. The van der Waals surface area contributed by atoms with Gasteiger partial charge in [-0.3, -0.25) is 0 Å². The smallest absolute Gasteiger partial charge is 0.0640 e. The molecular formula is C16H24ClN3. The van der Waals surface area contributed by atoms with E-state index in [0.29, 0.717) is 6.42 Å². The number of anilines is 1. The Kier molecular flexibility index (Phi) is 7.43. The minimum absolute atomic E-state index is 0.255. The number of hydrogen-bond acceptors (Lipinski definition) is 3. The van der Waals surface area contributed by atoms with Crippen molar-refractivity contribution in [2.45, 2.75) is 39.7 Å². The molecule has 1 rings (SSSR count). The van der Waals surface area contributed by atoms with Crippen molar-refractivity contribution in [1.29, 1.82) is 5.26 Å². The summed E-state index contributed by atoms with van der Waals surface area (Å²) in [5.74, 6) is 0. The van der Waals surface area contributed by atoms with E-state index in [1.54, 1.807) is 0 Å². The standard InChI is InChI=1S/C16H24ClN3/c1-4-10-19-13(3)15-8-7-14(12-16(15)17)20(5-2)11-6-9-18/h7-8,12-13,19H,4-6,10-11H2,1-3H3. The molecule has 0 fully saturated rings. The normalized spacial score (nSPS) is 11.9. The number of hydrogen-bond donors (Lipinski definition) is 1. The number of halogens is 1. The van der Waals surface area contributed by atoms with Gasteiger partial charge in [0, 0.05) is 29.8 Å². The summed E-state index contributed by atoms with van der Waals surface area (Å²) in [5, 5.41) is 12.9. The largest absolute Gasteiger partial charge is 0.371 e. The number of nitrogens with one attached hydrogen (secondary N) is 1. The highest BCUT2D eigenvalue weighted by Gasteiger charge is 2.11. The van der Waals surface area contributed by atoms with Crippen molar-refractivity contribution in [3.63, 3.8) is 0 Å². The van der Waals surface area contributed by atoms with Crippen molar-refractivity contribution in [1.82, 2.24) is 5.32 Å². The maximum absolute atomic E-state index is 8.70. The molecule has 3 nitrogen and oxygen atoms in total. The van der Waals surface area contributed by atoms with Gasteiger partial charge in [0.15, 0.2) is 0 Å². The average molecular weight is 294 g/mol. The lowest BCUT2D eigenvalue weighted by Gasteiger charge is -2.23. The first-order valence-corrected chi connectivity index (χ1v) is 7.66. The highest BCUT2D eigenvalue weighted by Crippen LogP contribution is 2.28. The molecule has 0 aliphatic rings. The van der Waals surface area contributed by atoms with Crippen molar-refractivity contribution in [3.8, 4) is 6.07 Å². The molecule has 0 bridgehead atoms. The summed E-state index contributed by atoms with van der Waals surface area (Å²) >= 11 is 6.41. The molecule has 1 N–H and O–H groups in total. The summed E-state index contributed by atoms with van der Waals surface area (Å²) in [7, 11) is 0. The van der Waals surface area contributed by atoms with Crippen LogP contribution < -0.4 is 10.2 Å². The van der Waals surface area contributed by atoms with Gasteiger partial charge in [0.05, 0.1) is 12.5 Å². The molecule has 20 heavy (non-hydrogen) atoms. The number of rotatable bonds is 8.